The molecule has 3 aromatic carbocycles. The molecule has 3 aromatic rings. The van der Waals surface area contributed by atoms with Gasteiger partial charge in [-0.2, -0.15) is 0 Å². The minimum atomic E-state index is -0.829. The second kappa shape index (κ2) is 13.6. The minimum absolute atomic E-state index is 0.0573. The van der Waals surface area contributed by atoms with Crippen LogP contribution >= 0.6 is 0 Å². The molecule has 0 aliphatic carbocycles. The summed E-state index contributed by atoms with van der Waals surface area (Å²) in [5.41, 5.74) is 1.48. The van der Waals surface area contributed by atoms with Crippen LogP contribution in [-0.2, 0) is 24.5 Å². The Balaban J connectivity index is 1.37. The summed E-state index contributed by atoms with van der Waals surface area (Å²) in [6.45, 7) is 5.09. The first-order valence-electron chi connectivity index (χ1n) is 15.6. The highest BCUT2D eigenvalue weighted by Gasteiger charge is 2.54. The normalized spacial score (nSPS) is 16.8. The van der Waals surface area contributed by atoms with Crippen molar-refractivity contribution in [1.82, 2.24) is 14.7 Å². The number of para-hydroxylation sites is 1. The van der Waals surface area contributed by atoms with Crippen molar-refractivity contribution in [3.05, 3.63) is 102 Å². The predicted octanol–water partition coefficient (Wildman–Crippen LogP) is 4.55. The summed E-state index contributed by atoms with van der Waals surface area (Å²) in [6, 6.07) is 30.3. The van der Waals surface area contributed by atoms with E-state index in [1.54, 1.807) is 11.8 Å². The van der Waals surface area contributed by atoms with Gasteiger partial charge in [-0.3, -0.25) is 14.4 Å². The molecule has 0 radical (unpaired) electrons. The number of hydrogen-bond acceptors (Lipinski definition) is 6. The second-order valence-electron chi connectivity index (χ2n) is 12.0. The van der Waals surface area contributed by atoms with Crippen molar-refractivity contribution < 1.29 is 19.1 Å². The van der Waals surface area contributed by atoms with Crippen molar-refractivity contribution in [2.45, 2.75) is 43.6 Å². The van der Waals surface area contributed by atoms with Crippen LogP contribution in [0.4, 0.5) is 5.69 Å². The molecule has 0 bridgehead atoms. The highest BCUT2D eigenvalue weighted by molar-refractivity contribution is 5.94. The van der Waals surface area contributed by atoms with Gasteiger partial charge in [0.25, 0.3) is 0 Å². The van der Waals surface area contributed by atoms with Crippen LogP contribution in [0.3, 0.4) is 0 Å². The Kier molecular flexibility index (Phi) is 9.69. The van der Waals surface area contributed by atoms with Gasteiger partial charge in [0.1, 0.15) is 11.0 Å². The van der Waals surface area contributed by atoms with Gasteiger partial charge in [0.2, 0.25) is 11.8 Å². The molecule has 2 fully saturated rings. The largest absolute Gasteiger partial charge is 0.466 e. The fourth-order valence-electron chi connectivity index (χ4n) is 6.94. The van der Waals surface area contributed by atoms with Crippen molar-refractivity contribution >= 4 is 23.5 Å². The van der Waals surface area contributed by atoms with Crippen molar-refractivity contribution in [2.75, 3.05) is 58.4 Å². The molecule has 0 unspecified atom stereocenters. The molecule has 2 heterocycles. The first-order valence-corrected chi connectivity index (χ1v) is 15.6. The van der Waals surface area contributed by atoms with Crippen LogP contribution in [0.5, 0.6) is 0 Å². The number of carbonyl (C=O) groups is 3. The van der Waals surface area contributed by atoms with Gasteiger partial charge in [-0.25, -0.2) is 0 Å². The maximum absolute atomic E-state index is 14.1. The Morgan fingerprint density at radius 3 is 1.91 bits per heavy atom. The first kappa shape index (κ1) is 31.3. The number of amides is 2. The molecule has 2 saturated heterocycles. The van der Waals surface area contributed by atoms with Crippen LogP contribution in [0.2, 0.25) is 0 Å². The number of likely N-dealkylation sites (tertiary alicyclic amines) is 1. The predicted molar refractivity (Wildman–Crippen MR) is 172 cm³/mol. The van der Waals surface area contributed by atoms with Crippen LogP contribution < -0.4 is 4.90 Å². The van der Waals surface area contributed by atoms with E-state index in [1.807, 2.05) is 73.6 Å². The molecular weight excluding hydrogens is 552 g/mol. The number of likely N-dealkylation sites (N-methyl/N-ethyl adjacent to an activating group) is 1. The molecule has 0 saturated carbocycles. The Morgan fingerprint density at radius 2 is 1.39 bits per heavy atom. The van der Waals surface area contributed by atoms with Gasteiger partial charge in [0, 0.05) is 39.4 Å². The smallest absolute Gasteiger partial charge is 0.307 e. The lowest BCUT2D eigenvalue weighted by Gasteiger charge is -2.44. The molecule has 0 N–H and O–H groups in total. The maximum atomic E-state index is 14.1. The summed E-state index contributed by atoms with van der Waals surface area (Å²) in [4.78, 5) is 48.4. The Morgan fingerprint density at radius 1 is 0.841 bits per heavy atom. The van der Waals surface area contributed by atoms with Gasteiger partial charge < -0.3 is 24.3 Å². The van der Waals surface area contributed by atoms with Crippen molar-refractivity contribution in [1.29, 1.82) is 0 Å². The van der Waals surface area contributed by atoms with E-state index in [1.165, 1.54) is 0 Å². The number of nitrogens with zero attached hydrogens (tertiary/aromatic N) is 4. The number of ether oxygens (including phenoxy) is 1. The van der Waals surface area contributed by atoms with Crippen molar-refractivity contribution in [2.24, 2.45) is 0 Å². The number of anilines is 1. The quantitative estimate of drug-likeness (QED) is 0.303. The van der Waals surface area contributed by atoms with Crippen LogP contribution in [0.1, 0.15) is 43.7 Å². The standard InChI is InChI=1S/C36H44N4O4/c1-4-44-32(41)20-24-39-28-40(31-18-12-7-13-19-31)35(33(39)42)21-25-38(26-22-35)27-23-36(34(43)37(2)3,29-14-8-5-9-15-29)30-16-10-6-11-17-30/h5-19H,4,20-28H2,1-3H3. The molecule has 8 heteroatoms. The zero-order chi connectivity index (χ0) is 31.2. The molecule has 8 nitrogen and oxygen atoms in total. The highest BCUT2D eigenvalue weighted by atomic mass is 16.5. The zero-order valence-electron chi connectivity index (χ0n) is 26.2. The van der Waals surface area contributed by atoms with Gasteiger partial charge in [-0.05, 0) is 56.0 Å². The summed E-state index contributed by atoms with van der Waals surface area (Å²) in [5, 5.41) is 0. The Hall–Kier alpha value is -4.17. The maximum Gasteiger partial charge on any atom is 0.307 e. The summed E-state index contributed by atoms with van der Waals surface area (Å²) >= 11 is 0. The monoisotopic (exact) mass is 596 g/mol. The highest BCUT2D eigenvalue weighted by Crippen LogP contribution is 2.41. The number of esters is 1. The van der Waals surface area contributed by atoms with E-state index in [-0.39, 0.29) is 24.2 Å². The van der Waals surface area contributed by atoms with Gasteiger partial charge in [-0.15, -0.1) is 0 Å². The number of hydrogen-bond donors (Lipinski definition) is 0. The number of benzene rings is 3. The molecule has 0 aromatic heterocycles. The van der Waals surface area contributed by atoms with E-state index in [4.69, 9.17) is 4.74 Å². The lowest BCUT2D eigenvalue weighted by atomic mass is 9.70. The molecule has 2 aliphatic rings. The molecule has 2 aliphatic heterocycles. The fraction of sp³-hybridized carbons (Fsp3) is 0.417. The van der Waals surface area contributed by atoms with Gasteiger partial charge >= 0.3 is 5.97 Å². The number of piperidine rings is 1. The summed E-state index contributed by atoms with van der Waals surface area (Å²) in [5.74, 6) is -0.146. The fourth-order valence-corrected chi connectivity index (χ4v) is 6.94. The zero-order valence-corrected chi connectivity index (χ0v) is 26.2. The molecule has 232 valence electrons. The third-order valence-corrected chi connectivity index (χ3v) is 9.26. The molecule has 0 atom stereocenters. The topological polar surface area (TPSA) is 73.4 Å². The number of carbonyl (C=O) groups excluding carboxylic acids is 3. The van der Waals surface area contributed by atoms with E-state index in [2.05, 4.69) is 46.2 Å². The molecule has 2 amide bonds. The Labute approximate surface area is 261 Å². The van der Waals surface area contributed by atoms with Crippen LogP contribution in [-0.4, -0.2) is 91.6 Å². The lowest BCUT2D eigenvalue weighted by Crippen LogP contribution is -2.57. The molecular formula is C36H44N4O4. The molecule has 1 spiro atoms. The third kappa shape index (κ3) is 6.09. The van der Waals surface area contributed by atoms with E-state index in [0.29, 0.717) is 45.6 Å². The van der Waals surface area contributed by atoms with E-state index in [0.717, 1.165) is 29.9 Å². The van der Waals surface area contributed by atoms with Crippen LogP contribution in [0.25, 0.3) is 0 Å². The summed E-state index contributed by atoms with van der Waals surface area (Å²) in [7, 11) is 3.65. The first-order chi connectivity index (χ1) is 21.3. The summed E-state index contributed by atoms with van der Waals surface area (Å²) in [6.07, 6.45) is 2.14. The molecule has 5 rings (SSSR count). The average Bonchev–Trinajstić information content (AvgIpc) is 3.32. The third-order valence-electron chi connectivity index (χ3n) is 9.26. The SMILES string of the molecule is CCOC(=O)CCN1CN(c2ccccc2)C2(CCN(CCC(C(=O)N(C)C)(c3ccccc3)c3ccccc3)CC2)C1=O. The van der Waals surface area contributed by atoms with Gasteiger partial charge in [0.15, 0.2) is 0 Å². The average molecular weight is 597 g/mol. The summed E-state index contributed by atoms with van der Waals surface area (Å²) < 4.78 is 5.12. The minimum Gasteiger partial charge on any atom is -0.466 e. The van der Waals surface area contributed by atoms with Crippen molar-refractivity contribution in [3.63, 3.8) is 0 Å². The van der Waals surface area contributed by atoms with Crippen LogP contribution in [0, 0.1) is 0 Å². The molecule has 44 heavy (non-hydrogen) atoms. The van der Waals surface area contributed by atoms with Crippen LogP contribution in [0.15, 0.2) is 91.0 Å². The van der Waals surface area contributed by atoms with Gasteiger partial charge in [-0.1, -0.05) is 78.9 Å². The van der Waals surface area contributed by atoms with Crippen molar-refractivity contribution in [3.8, 4) is 0 Å². The Bertz CT molecular complexity index is 1370. The lowest BCUT2D eigenvalue weighted by molar-refractivity contribution is -0.144. The second-order valence-corrected chi connectivity index (χ2v) is 12.0. The van der Waals surface area contributed by atoms with Gasteiger partial charge in [0.05, 0.1) is 19.7 Å². The van der Waals surface area contributed by atoms with E-state index < -0.39 is 11.0 Å². The van der Waals surface area contributed by atoms with E-state index in [9.17, 15) is 14.4 Å². The van der Waals surface area contributed by atoms with E-state index >= 15 is 0 Å². The number of rotatable bonds is 11.